The van der Waals surface area contributed by atoms with Crippen LogP contribution in [-0.4, -0.2) is 33.6 Å². The normalized spacial score (nSPS) is 14.5. The molecular formula is C6H10N2O5. The molecule has 0 radical (unpaired) electrons. The fraction of sp³-hybridized carbons (Fsp3) is 0.500. The fourth-order valence-corrected chi connectivity index (χ4v) is 0.640. The number of amides is 1. The van der Waals surface area contributed by atoms with Crippen LogP contribution < -0.4 is 11.5 Å². The van der Waals surface area contributed by atoms with Crippen LogP contribution in [0.4, 0.5) is 0 Å². The molecule has 0 rings (SSSR count). The van der Waals surface area contributed by atoms with E-state index in [9.17, 15) is 14.4 Å². The summed E-state index contributed by atoms with van der Waals surface area (Å²) in [4.78, 5) is 31.1. The van der Waals surface area contributed by atoms with Crippen LogP contribution in [0.25, 0.3) is 0 Å². The van der Waals surface area contributed by atoms with Gasteiger partial charge in [0, 0.05) is 6.42 Å². The number of hydrogen-bond acceptors (Lipinski definition) is 4. The van der Waals surface area contributed by atoms with Crippen molar-refractivity contribution >= 4 is 17.8 Å². The van der Waals surface area contributed by atoms with E-state index >= 15 is 0 Å². The summed E-state index contributed by atoms with van der Waals surface area (Å²) >= 11 is 0. The lowest BCUT2D eigenvalue weighted by Gasteiger charge is -2.19. The summed E-state index contributed by atoms with van der Waals surface area (Å²) in [6.07, 6.45) is -1.04. The molecule has 13 heavy (non-hydrogen) atoms. The number of aliphatic carboxylic acids is 2. The molecular weight excluding hydrogens is 180 g/mol. The van der Waals surface area contributed by atoms with Gasteiger partial charge in [0.25, 0.3) is 0 Å². The number of nitrogens with two attached hydrogens (primary N) is 2. The van der Waals surface area contributed by atoms with Crippen LogP contribution in [-0.2, 0) is 14.4 Å². The van der Waals surface area contributed by atoms with Gasteiger partial charge in [-0.15, -0.1) is 0 Å². The van der Waals surface area contributed by atoms with Gasteiger partial charge in [0.1, 0.15) is 0 Å². The molecule has 0 aliphatic rings. The van der Waals surface area contributed by atoms with E-state index in [4.69, 9.17) is 21.7 Å². The van der Waals surface area contributed by atoms with E-state index < -0.39 is 36.2 Å². The average Bonchev–Trinajstić information content (AvgIpc) is 1.99. The first-order valence-corrected chi connectivity index (χ1v) is 3.34. The molecule has 0 aromatic heterocycles. The maximum atomic E-state index is 10.6. The van der Waals surface area contributed by atoms with Crippen molar-refractivity contribution in [1.82, 2.24) is 0 Å². The highest BCUT2D eigenvalue weighted by Crippen LogP contribution is 2.09. The van der Waals surface area contributed by atoms with Crippen LogP contribution in [0, 0.1) is 0 Å². The zero-order valence-corrected chi connectivity index (χ0v) is 6.69. The topological polar surface area (TPSA) is 144 Å². The zero-order chi connectivity index (χ0) is 10.6. The summed E-state index contributed by atoms with van der Waals surface area (Å²) in [5.74, 6) is -4.11. The van der Waals surface area contributed by atoms with Gasteiger partial charge in [-0.25, -0.2) is 4.79 Å². The maximum Gasteiger partial charge on any atom is 0.333 e. The van der Waals surface area contributed by atoms with Crippen molar-refractivity contribution in [2.24, 2.45) is 11.5 Å². The molecule has 0 heterocycles. The van der Waals surface area contributed by atoms with Gasteiger partial charge in [-0.2, -0.15) is 0 Å². The van der Waals surface area contributed by atoms with Gasteiger partial charge in [-0.3, -0.25) is 9.59 Å². The highest BCUT2D eigenvalue weighted by atomic mass is 16.4. The molecule has 7 nitrogen and oxygen atoms in total. The molecule has 0 fully saturated rings. The predicted molar refractivity (Wildman–Crippen MR) is 40.6 cm³/mol. The molecule has 0 aliphatic carbocycles. The average molecular weight is 190 g/mol. The second-order valence-electron chi connectivity index (χ2n) is 2.53. The molecule has 0 aromatic rings. The third-order valence-electron chi connectivity index (χ3n) is 1.55. The molecule has 0 saturated carbocycles. The predicted octanol–water partition coefficient (Wildman–Crippen LogP) is -1.88. The number of carboxylic acids is 2. The summed E-state index contributed by atoms with van der Waals surface area (Å²) in [6, 6.07) is 0. The Bertz CT molecular complexity index is 235. The first-order chi connectivity index (χ1) is 5.80. The number of carbonyl (C=O) groups is 3. The molecule has 0 aliphatic heterocycles. The van der Waals surface area contributed by atoms with Crippen LogP contribution in [0.1, 0.15) is 12.8 Å². The van der Waals surface area contributed by atoms with E-state index in [-0.39, 0.29) is 0 Å². The Labute approximate surface area is 73.3 Å². The van der Waals surface area contributed by atoms with Gasteiger partial charge >= 0.3 is 11.9 Å². The van der Waals surface area contributed by atoms with E-state index in [1.54, 1.807) is 0 Å². The van der Waals surface area contributed by atoms with Crippen LogP contribution in [0.15, 0.2) is 0 Å². The van der Waals surface area contributed by atoms with Crippen molar-refractivity contribution < 1.29 is 24.6 Å². The minimum Gasteiger partial charge on any atom is -0.481 e. The minimum absolute atomic E-state index is 0.521. The molecule has 6 N–H and O–H groups in total. The van der Waals surface area contributed by atoms with E-state index in [0.29, 0.717) is 0 Å². The molecule has 74 valence electrons. The van der Waals surface area contributed by atoms with E-state index in [0.717, 1.165) is 0 Å². The molecule has 7 heteroatoms. The van der Waals surface area contributed by atoms with Gasteiger partial charge in [0.05, 0.1) is 0 Å². The lowest BCUT2D eigenvalue weighted by Crippen LogP contribution is -2.58. The van der Waals surface area contributed by atoms with Gasteiger partial charge < -0.3 is 21.7 Å². The van der Waals surface area contributed by atoms with E-state index in [1.165, 1.54) is 0 Å². The second kappa shape index (κ2) is 3.85. The molecule has 0 aromatic carbocycles. The van der Waals surface area contributed by atoms with Crippen molar-refractivity contribution in [3.63, 3.8) is 0 Å². The number of carbonyl (C=O) groups excluding carboxylic acids is 1. The lowest BCUT2D eigenvalue weighted by molar-refractivity contribution is -0.148. The second-order valence-corrected chi connectivity index (χ2v) is 2.53. The number of rotatable bonds is 5. The smallest absolute Gasteiger partial charge is 0.333 e. The number of carboxylic acid groups (broad SMARTS) is 2. The van der Waals surface area contributed by atoms with Crippen LogP contribution >= 0.6 is 0 Å². The zero-order valence-electron chi connectivity index (χ0n) is 6.69. The summed E-state index contributed by atoms with van der Waals surface area (Å²) in [6.45, 7) is 0. The van der Waals surface area contributed by atoms with Crippen molar-refractivity contribution in [2.75, 3.05) is 0 Å². The summed E-state index contributed by atoms with van der Waals surface area (Å²) in [5, 5.41) is 16.7. The van der Waals surface area contributed by atoms with E-state index in [1.807, 2.05) is 0 Å². The summed E-state index contributed by atoms with van der Waals surface area (Å²) < 4.78 is 0. The van der Waals surface area contributed by atoms with Crippen LogP contribution in [0.5, 0.6) is 0 Å². The third kappa shape index (κ3) is 2.71. The highest BCUT2D eigenvalue weighted by molar-refractivity contribution is 6.05. The third-order valence-corrected chi connectivity index (χ3v) is 1.55. The molecule has 0 unspecified atom stereocenters. The SMILES string of the molecule is NC(=O)[C@](N)(CCC(=O)O)C(=O)O. The standard InChI is InChI=1S/C6H10N2O5/c7-4(11)6(8,5(12)13)2-1-3(9)10/h1-2,8H2,(H2,7,11)(H,9,10)(H,12,13)/t6-/m1/s1. The number of hydrogen-bond donors (Lipinski definition) is 4. The van der Waals surface area contributed by atoms with Crippen molar-refractivity contribution in [2.45, 2.75) is 18.4 Å². The largest absolute Gasteiger partial charge is 0.481 e. The minimum atomic E-state index is -2.29. The van der Waals surface area contributed by atoms with Gasteiger partial charge in [-0.05, 0) is 6.42 Å². The van der Waals surface area contributed by atoms with Crippen molar-refractivity contribution in [3.05, 3.63) is 0 Å². The first-order valence-electron chi connectivity index (χ1n) is 3.34. The first kappa shape index (κ1) is 11.4. The summed E-state index contributed by atoms with van der Waals surface area (Å²) in [5.41, 5.74) is 7.52. The quantitative estimate of drug-likeness (QED) is 0.373. The Kier molecular flexibility index (Phi) is 3.37. The van der Waals surface area contributed by atoms with Crippen molar-refractivity contribution in [1.29, 1.82) is 0 Å². The summed E-state index contributed by atoms with van der Waals surface area (Å²) in [7, 11) is 0. The monoisotopic (exact) mass is 190 g/mol. The molecule has 1 amide bonds. The maximum absolute atomic E-state index is 10.6. The van der Waals surface area contributed by atoms with E-state index in [2.05, 4.69) is 0 Å². The lowest BCUT2D eigenvalue weighted by atomic mass is 9.94. The highest BCUT2D eigenvalue weighted by Gasteiger charge is 2.40. The Balaban J connectivity index is 4.52. The Morgan fingerprint density at radius 3 is 1.92 bits per heavy atom. The van der Waals surface area contributed by atoms with Crippen molar-refractivity contribution in [3.8, 4) is 0 Å². The van der Waals surface area contributed by atoms with Gasteiger partial charge in [-0.1, -0.05) is 0 Å². The Morgan fingerprint density at radius 1 is 1.23 bits per heavy atom. The van der Waals surface area contributed by atoms with Crippen LogP contribution in [0.2, 0.25) is 0 Å². The van der Waals surface area contributed by atoms with Gasteiger partial charge in [0.15, 0.2) is 5.54 Å². The Hall–Kier alpha value is -1.63. The fourth-order valence-electron chi connectivity index (χ4n) is 0.640. The molecule has 0 bridgehead atoms. The van der Waals surface area contributed by atoms with Gasteiger partial charge in [0.2, 0.25) is 5.91 Å². The molecule has 1 atom stereocenters. The van der Waals surface area contributed by atoms with Crippen LogP contribution in [0.3, 0.4) is 0 Å². The molecule has 0 saturated heterocycles. The Morgan fingerprint density at radius 2 is 1.69 bits per heavy atom. The number of primary amides is 1. The molecule has 0 spiro atoms.